The van der Waals surface area contributed by atoms with E-state index in [1.165, 1.54) is 17.7 Å². The van der Waals surface area contributed by atoms with Crippen LogP contribution in [0.1, 0.15) is 107 Å². The van der Waals surface area contributed by atoms with E-state index >= 15 is 0 Å². The Kier molecular flexibility index (Phi) is 9.50. The third kappa shape index (κ3) is 7.47. The predicted octanol–water partition coefficient (Wildman–Crippen LogP) is 7.79. The minimum absolute atomic E-state index is 0.0400. The van der Waals surface area contributed by atoms with E-state index in [1.54, 1.807) is 30.8 Å². The zero-order valence-electron chi connectivity index (χ0n) is 23.3. The van der Waals surface area contributed by atoms with E-state index in [4.69, 9.17) is 0 Å². The number of hydrogen-bond acceptors (Lipinski definition) is 4. The molecule has 1 N–H and O–H groups in total. The molecule has 2 aromatic rings. The summed E-state index contributed by atoms with van der Waals surface area (Å²) < 4.78 is 40.8. The van der Waals surface area contributed by atoms with Crippen LogP contribution in [0.15, 0.2) is 41.6 Å². The second kappa shape index (κ2) is 12.5. The monoisotopic (exact) mass is 562 g/mol. The fourth-order valence-corrected chi connectivity index (χ4v) is 7.05. The highest BCUT2D eigenvalue weighted by atomic mass is 32.2. The quantitative estimate of drug-likeness (QED) is 0.163. The van der Waals surface area contributed by atoms with Crippen LogP contribution in [-0.2, 0) is 18.0 Å². The van der Waals surface area contributed by atoms with Crippen molar-refractivity contribution in [1.82, 2.24) is 20.1 Å². The van der Waals surface area contributed by atoms with Gasteiger partial charge < -0.3 is 9.88 Å². The smallest absolute Gasteiger partial charge is 0.354 e. The summed E-state index contributed by atoms with van der Waals surface area (Å²) in [4.78, 5) is 11.3. The summed E-state index contributed by atoms with van der Waals surface area (Å²) in [7, 11) is 2.05. The number of allylic oxidation sites excluding steroid dienone is 1. The molecule has 2 aliphatic carbocycles. The number of thioether (sulfide) groups is 1. The first-order chi connectivity index (χ1) is 18.5. The molecule has 1 aromatic heterocycles. The molecule has 0 unspecified atom stereocenters. The minimum Gasteiger partial charge on any atom is -0.354 e. The van der Waals surface area contributed by atoms with Crippen LogP contribution in [0.5, 0.6) is 0 Å². The lowest BCUT2D eigenvalue weighted by Gasteiger charge is -2.28. The Morgan fingerprint density at radius 1 is 1.15 bits per heavy atom. The number of hydrogen-bond donors (Lipinski definition) is 1. The van der Waals surface area contributed by atoms with E-state index in [0.29, 0.717) is 11.8 Å². The summed E-state index contributed by atoms with van der Waals surface area (Å²) in [6.07, 6.45) is 5.77. The van der Waals surface area contributed by atoms with Crippen LogP contribution >= 0.6 is 11.8 Å². The van der Waals surface area contributed by atoms with Crippen LogP contribution in [-0.4, -0.2) is 32.5 Å². The molecule has 4 rings (SSSR count). The van der Waals surface area contributed by atoms with Crippen molar-refractivity contribution in [2.75, 3.05) is 5.75 Å². The lowest BCUT2D eigenvalue weighted by atomic mass is 9.85. The summed E-state index contributed by atoms with van der Waals surface area (Å²) in [6.45, 7) is 8.08. The molecule has 2 fully saturated rings. The summed E-state index contributed by atoms with van der Waals surface area (Å²) in [5.74, 6) is 2.77. The van der Waals surface area contributed by atoms with Gasteiger partial charge in [0, 0.05) is 31.7 Å². The van der Waals surface area contributed by atoms with Crippen molar-refractivity contribution in [3.05, 3.63) is 53.4 Å². The molecule has 0 spiro atoms. The van der Waals surface area contributed by atoms with Crippen molar-refractivity contribution in [2.45, 2.75) is 107 Å². The average Bonchev–Trinajstić information content (AvgIpc) is 3.52. The molecule has 9 heteroatoms. The van der Waals surface area contributed by atoms with Crippen molar-refractivity contribution >= 4 is 17.7 Å². The Morgan fingerprint density at radius 3 is 2.46 bits per heavy atom. The molecule has 1 aromatic carbocycles. The molecule has 0 bridgehead atoms. The molecule has 1 amide bonds. The first-order valence-electron chi connectivity index (χ1n) is 14.2. The van der Waals surface area contributed by atoms with E-state index in [1.807, 2.05) is 7.05 Å². The molecular weight excluding hydrogens is 521 g/mol. The molecule has 0 radical (unpaired) electrons. The standard InChI is InChI=1S/C30H41F3N4OS/c1-5-29(19-26(29)22-8-12-24(13-9-22)30(31,32)33)17-16-20(2)7-6-18-39-28-36-35-27(37(28)4)23-10-14-25(15-11-23)34-21(3)38/h8-9,12-13,23,25-26H,2,5-7,10-11,14-19H2,1,3-4H3,(H,34,38)/t23?,25?,26-,29+/m1/s1. The zero-order chi connectivity index (χ0) is 28.2. The van der Waals surface area contributed by atoms with Crippen molar-refractivity contribution in [1.29, 1.82) is 0 Å². The topological polar surface area (TPSA) is 59.8 Å². The van der Waals surface area contributed by atoms with Gasteiger partial charge in [0.1, 0.15) is 5.82 Å². The van der Waals surface area contributed by atoms with Crippen LogP contribution < -0.4 is 5.32 Å². The number of benzene rings is 1. The van der Waals surface area contributed by atoms with Gasteiger partial charge in [0.05, 0.1) is 5.56 Å². The van der Waals surface area contributed by atoms with Gasteiger partial charge in [-0.3, -0.25) is 4.79 Å². The maximum atomic E-state index is 12.9. The Bertz CT molecular complexity index is 1140. The van der Waals surface area contributed by atoms with E-state index in [0.717, 1.165) is 86.5 Å². The number of nitrogens with one attached hydrogen (secondary N) is 1. The fraction of sp³-hybridized carbons (Fsp3) is 0.633. The van der Waals surface area contributed by atoms with Crippen molar-refractivity contribution in [3.8, 4) is 0 Å². The third-order valence-electron chi connectivity index (χ3n) is 8.78. The highest BCUT2D eigenvalue weighted by Crippen LogP contribution is 2.64. The number of halogens is 3. The lowest BCUT2D eigenvalue weighted by Crippen LogP contribution is -2.36. The normalized spacial score (nSPS) is 24.9. The highest BCUT2D eigenvalue weighted by molar-refractivity contribution is 7.99. The van der Waals surface area contributed by atoms with Crippen LogP contribution in [0.4, 0.5) is 13.2 Å². The van der Waals surface area contributed by atoms with Crippen LogP contribution in [0.25, 0.3) is 0 Å². The van der Waals surface area contributed by atoms with Gasteiger partial charge >= 0.3 is 6.18 Å². The van der Waals surface area contributed by atoms with Gasteiger partial charge in [0.2, 0.25) is 5.91 Å². The van der Waals surface area contributed by atoms with Crippen molar-refractivity contribution < 1.29 is 18.0 Å². The summed E-state index contributed by atoms with van der Waals surface area (Å²) in [6, 6.07) is 6.02. The largest absolute Gasteiger partial charge is 0.416 e. The molecule has 0 aliphatic heterocycles. The van der Waals surface area contributed by atoms with Gasteiger partial charge in [-0.2, -0.15) is 13.2 Å². The number of rotatable bonds is 12. The van der Waals surface area contributed by atoms with Crippen LogP contribution in [0, 0.1) is 5.41 Å². The lowest BCUT2D eigenvalue weighted by molar-refractivity contribution is -0.137. The Labute approximate surface area is 234 Å². The molecule has 2 saturated carbocycles. The predicted molar refractivity (Wildman–Crippen MR) is 150 cm³/mol. The fourth-order valence-electron chi connectivity index (χ4n) is 6.19. The first kappa shape index (κ1) is 29.7. The molecule has 5 nitrogen and oxygen atoms in total. The van der Waals surface area contributed by atoms with Gasteiger partial charge in [0.25, 0.3) is 0 Å². The Hall–Kier alpha value is -2.29. The number of nitrogens with zero attached hydrogens (tertiary/aromatic N) is 3. The molecule has 2 aliphatic rings. The van der Waals surface area contributed by atoms with Gasteiger partial charge in [-0.15, -0.1) is 10.2 Å². The van der Waals surface area contributed by atoms with E-state index < -0.39 is 11.7 Å². The SMILES string of the molecule is C=C(CCCSc1nnc(C2CCC(NC(C)=O)CC2)n1C)CC[C@@]1(CC)C[C@@H]1c1ccc(C(F)(F)F)cc1. The summed E-state index contributed by atoms with van der Waals surface area (Å²) >= 11 is 1.73. The van der Waals surface area contributed by atoms with Gasteiger partial charge in [-0.05, 0) is 93.2 Å². The molecule has 0 saturated heterocycles. The van der Waals surface area contributed by atoms with Gasteiger partial charge in [0.15, 0.2) is 5.16 Å². The maximum absolute atomic E-state index is 12.9. The number of amides is 1. The van der Waals surface area contributed by atoms with Gasteiger partial charge in [-0.25, -0.2) is 0 Å². The van der Waals surface area contributed by atoms with E-state index in [-0.39, 0.29) is 17.4 Å². The third-order valence-corrected chi connectivity index (χ3v) is 9.89. The minimum atomic E-state index is -4.29. The maximum Gasteiger partial charge on any atom is 0.416 e. The second-order valence-electron chi connectivity index (χ2n) is 11.4. The molecular formula is C30H41F3N4OS. The first-order valence-corrected chi connectivity index (χ1v) is 15.1. The molecule has 39 heavy (non-hydrogen) atoms. The number of carbonyl (C=O) groups is 1. The second-order valence-corrected chi connectivity index (χ2v) is 12.5. The highest BCUT2D eigenvalue weighted by Gasteiger charge is 2.52. The van der Waals surface area contributed by atoms with Crippen LogP contribution in [0.3, 0.4) is 0 Å². The Morgan fingerprint density at radius 2 is 1.85 bits per heavy atom. The summed E-state index contributed by atoms with van der Waals surface area (Å²) in [5, 5.41) is 12.9. The Balaban J connectivity index is 1.17. The van der Waals surface area contributed by atoms with E-state index in [2.05, 4.69) is 33.6 Å². The average molecular weight is 563 g/mol. The molecule has 214 valence electrons. The zero-order valence-corrected chi connectivity index (χ0v) is 24.1. The number of alkyl halides is 3. The van der Waals surface area contributed by atoms with Crippen molar-refractivity contribution in [3.63, 3.8) is 0 Å². The number of aromatic nitrogens is 3. The van der Waals surface area contributed by atoms with Crippen molar-refractivity contribution in [2.24, 2.45) is 12.5 Å². The van der Waals surface area contributed by atoms with Gasteiger partial charge in [-0.1, -0.05) is 43.0 Å². The van der Waals surface area contributed by atoms with Crippen LogP contribution in [0.2, 0.25) is 0 Å². The summed E-state index contributed by atoms with van der Waals surface area (Å²) in [5.41, 5.74) is 1.88. The number of carbonyl (C=O) groups excluding carboxylic acids is 1. The van der Waals surface area contributed by atoms with E-state index in [9.17, 15) is 18.0 Å². The molecule has 2 atom stereocenters. The molecule has 1 heterocycles.